The van der Waals surface area contributed by atoms with Crippen LogP contribution in [0.4, 0.5) is 13.2 Å². The second-order valence-corrected chi connectivity index (χ2v) is 4.92. The Balaban J connectivity index is 3.22. The van der Waals surface area contributed by atoms with E-state index in [0.29, 0.717) is 6.42 Å². The van der Waals surface area contributed by atoms with E-state index >= 15 is 0 Å². The van der Waals surface area contributed by atoms with Gasteiger partial charge in [-0.25, -0.2) is 0 Å². The molecule has 0 spiro atoms. The van der Waals surface area contributed by atoms with E-state index in [-0.39, 0.29) is 11.5 Å². The monoisotopic (exact) mass is 246 g/mol. The predicted octanol–water partition coefficient (Wildman–Crippen LogP) is 3.96. The molecule has 4 heteroatoms. The quantitative estimate of drug-likeness (QED) is 0.855. The molecular weight excluding hydrogens is 229 g/mol. The van der Waals surface area contributed by atoms with Gasteiger partial charge in [0.1, 0.15) is 0 Å². The third kappa shape index (κ3) is 3.46. The van der Waals surface area contributed by atoms with Gasteiger partial charge in [-0.15, -0.1) is 0 Å². The van der Waals surface area contributed by atoms with Gasteiger partial charge in [0, 0.05) is 0 Å². The highest BCUT2D eigenvalue weighted by atomic mass is 19.4. The SMILES string of the molecule is CC(C)CC(C)(O)c1ccccc1C(F)(F)F. The summed E-state index contributed by atoms with van der Waals surface area (Å²) in [4.78, 5) is 0. The van der Waals surface area contributed by atoms with E-state index in [2.05, 4.69) is 0 Å². The van der Waals surface area contributed by atoms with Crippen LogP contribution in [-0.2, 0) is 11.8 Å². The van der Waals surface area contributed by atoms with Crippen LogP contribution < -0.4 is 0 Å². The number of hydrogen-bond acceptors (Lipinski definition) is 1. The lowest BCUT2D eigenvalue weighted by molar-refractivity contribution is -0.140. The Kier molecular flexibility index (Phi) is 3.87. The van der Waals surface area contributed by atoms with Gasteiger partial charge in [-0.3, -0.25) is 0 Å². The van der Waals surface area contributed by atoms with Crippen molar-refractivity contribution in [2.24, 2.45) is 5.92 Å². The molecule has 0 saturated heterocycles. The fourth-order valence-corrected chi connectivity index (χ4v) is 2.10. The lowest BCUT2D eigenvalue weighted by atomic mass is 9.84. The maximum atomic E-state index is 12.8. The second kappa shape index (κ2) is 4.69. The van der Waals surface area contributed by atoms with Gasteiger partial charge in [-0.1, -0.05) is 32.0 Å². The van der Waals surface area contributed by atoms with Crippen molar-refractivity contribution in [3.8, 4) is 0 Å². The van der Waals surface area contributed by atoms with E-state index in [0.717, 1.165) is 6.07 Å². The molecule has 0 amide bonds. The smallest absolute Gasteiger partial charge is 0.385 e. The molecule has 1 N–H and O–H groups in total. The number of alkyl halides is 3. The fraction of sp³-hybridized carbons (Fsp3) is 0.538. The molecule has 1 nitrogen and oxygen atoms in total. The summed E-state index contributed by atoms with van der Waals surface area (Å²) in [5.41, 5.74) is -2.27. The van der Waals surface area contributed by atoms with Crippen LogP contribution in [0.5, 0.6) is 0 Å². The van der Waals surface area contributed by atoms with Crippen molar-refractivity contribution in [1.29, 1.82) is 0 Å². The zero-order valence-corrected chi connectivity index (χ0v) is 10.2. The van der Waals surface area contributed by atoms with E-state index < -0.39 is 17.3 Å². The molecule has 0 aliphatic rings. The first-order chi connectivity index (χ1) is 7.64. The number of halogens is 3. The van der Waals surface area contributed by atoms with E-state index in [1.54, 1.807) is 0 Å². The van der Waals surface area contributed by atoms with Gasteiger partial charge in [-0.2, -0.15) is 13.2 Å². The largest absolute Gasteiger partial charge is 0.416 e. The lowest BCUT2D eigenvalue weighted by Crippen LogP contribution is -2.27. The van der Waals surface area contributed by atoms with Crippen molar-refractivity contribution in [2.75, 3.05) is 0 Å². The second-order valence-electron chi connectivity index (χ2n) is 4.92. The summed E-state index contributed by atoms with van der Waals surface area (Å²) in [5.74, 6) is 0.117. The molecule has 1 aromatic carbocycles. The lowest BCUT2D eigenvalue weighted by Gasteiger charge is -2.28. The minimum Gasteiger partial charge on any atom is -0.385 e. The highest BCUT2D eigenvalue weighted by Crippen LogP contribution is 2.38. The standard InChI is InChI=1S/C13H17F3O/c1-9(2)8-12(3,17)10-6-4-5-7-11(10)13(14,15)16/h4-7,9,17H,8H2,1-3H3. The third-order valence-electron chi connectivity index (χ3n) is 2.62. The topological polar surface area (TPSA) is 20.2 Å². The Morgan fingerprint density at radius 2 is 1.59 bits per heavy atom. The zero-order valence-electron chi connectivity index (χ0n) is 10.2. The first-order valence-corrected chi connectivity index (χ1v) is 5.53. The average molecular weight is 246 g/mol. The first-order valence-electron chi connectivity index (χ1n) is 5.53. The van der Waals surface area contributed by atoms with Crippen molar-refractivity contribution in [1.82, 2.24) is 0 Å². The van der Waals surface area contributed by atoms with Crippen LogP contribution in [0, 0.1) is 5.92 Å². The summed E-state index contributed by atoms with van der Waals surface area (Å²) in [7, 11) is 0. The van der Waals surface area contributed by atoms with Gasteiger partial charge in [0.05, 0.1) is 11.2 Å². The fourth-order valence-electron chi connectivity index (χ4n) is 2.10. The molecule has 1 rings (SSSR count). The van der Waals surface area contributed by atoms with Crippen LogP contribution in [0.2, 0.25) is 0 Å². The van der Waals surface area contributed by atoms with Gasteiger partial charge in [0.25, 0.3) is 0 Å². The van der Waals surface area contributed by atoms with Gasteiger partial charge < -0.3 is 5.11 Å². The summed E-state index contributed by atoms with van der Waals surface area (Å²) in [6.45, 7) is 5.16. The zero-order chi connectivity index (χ0) is 13.3. The van der Waals surface area contributed by atoms with Crippen LogP contribution in [0.15, 0.2) is 24.3 Å². The van der Waals surface area contributed by atoms with Crippen molar-refractivity contribution in [2.45, 2.75) is 39.0 Å². The molecule has 17 heavy (non-hydrogen) atoms. The Labute approximate surface area is 99.3 Å². The molecule has 1 aromatic rings. The van der Waals surface area contributed by atoms with E-state index in [1.165, 1.54) is 25.1 Å². The van der Waals surface area contributed by atoms with Crippen LogP contribution in [0.1, 0.15) is 38.3 Å². The van der Waals surface area contributed by atoms with Gasteiger partial charge in [0.15, 0.2) is 0 Å². The van der Waals surface area contributed by atoms with Crippen molar-refractivity contribution >= 4 is 0 Å². The first kappa shape index (κ1) is 14.0. The molecule has 1 atom stereocenters. The number of hydrogen-bond donors (Lipinski definition) is 1. The van der Waals surface area contributed by atoms with Crippen LogP contribution >= 0.6 is 0 Å². The maximum absolute atomic E-state index is 12.8. The van der Waals surface area contributed by atoms with Crippen LogP contribution in [0.3, 0.4) is 0 Å². The molecule has 0 heterocycles. The average Bonchev–Trinajstić information content (AvgIpc) is 2.14. The Hall–Kier alpha value is -1.03. The summed E-state index contributed by atoms with van der Waals surface area (Å²) in [5, 5.41) is 10.2. The van der Waals surface area contributed by atoms with Gasteiger partial charge >= 0.3 is 6.18 Å². The van der Waals surface area contributed by atoms with Crippen molar-refractivity contribution in [3.05, 3.63) is 35.4 Å². The summed E-state index contributed by atoms with van der Waals surface area (Å²) < 4.78 is 38.4. The number of aliphatic hydroxyl groups is 1. The molecule has 0 radical (unpaired) electrons. The Morgan fingerprint density at radius 1 is 1.12 bits per heavy atom. The maximum Gasteiger partial charge on any atom is 0.416 e. The molecule has 0 aliphatic carbocycles. The number of benzene rings is 1. The normalized spacial score (nSPS) is 16.0. The number of rotatable bonds is 3. The Morgan fingerprint density at radius 3 is 2.00 bits per heavy atom. The van der Waals surface area contributed by atoms with Gasteiger partial charge in [0.2, 0.25) is 0 Å². The van der Waals surface area contributed by atoms with Crippen LogP contribution in [-0.4, -0.2) is 5.11 Å². The summed E-state index contributed by atoms with van der Waals surface area (Å²) in [6.07, 6.45) is -4.14. The van der Waals surface area contributed by atoms with Crippen molar-refractivity contribution in [3.63, 3.8) is 0 Å². The Bertz CT molecular complexity index is 380. The third-order valence-corrected chi connectivity index (χ3v) is 2.62. The highest BCUT2D eigenvalue weighted by Gasteiger charge is 2.38. The molecular formula is C13H17F3O. The molecule has 0 saturated carbocycles. The predicted molar refractivity (Wildman–Crippen MR) is 60.5 cm³/mol. The van der Waals surface area contributed by atoms with E-state index in [9.17, 15) is 18.3 Å². The molecule has 0 bridgehead atoms. The molecule has 1 unspecified atom stereocenters. The minimum atomic E-state index is -4.43. The van der Waals surface area contributed by atoms with Crippen LogP contribution in [0.25, 0.3) is 0 Å². The van der Waals surface area contributed by atoms with Crippen molar-refractivity contribution < 1.29 is 18.3 Å². The summed E-state index contributed by atoms with van der Waals surface area (Å²) >= 11 is 0. The summed E-state index contributed by atoms with van der Waals surface area (Å²) in [6, 6.07) is 5.19. The van der Waals surface area contributed by atoms with E-state index in [1.807, 2.05) is 13.8 Å². The minimum absolute atomic E-state index is 0.0544. The van der Waals surface area contributed by atoms with Gasteiger partial charge in [-0.05, 0) is 30.9 Å². The molecule has 0 aliphatic heterocycles. The molecule has 96 valence electrons. The molecule has 0 fully saturated rings. The molecule has 0 aromatic heterocycles. The van der Waals surface area contributed by atoms with E-state index in [4.69, 9.17) is 0 Å². The highest BCUT2D eigenvalue weighted by molar-refractivity contribution is 5.34.